The summed E-state index contributed by atoms with van der Waals surface area (Å²) < 4.78 is 68.6. The third-order valence-electron chi connectivity index (χ3n) is 18.6. The van der Waals surface area contributed by atoms with Gasteiger partial charge in [0, 0.05) is 25.7 Å². The Hall–Kier alpha value is -1.94. The highest BCUT2D eigenvalue weighted by molar-refractivity contribution is 7.47. The molecule has 4 unspecified atom stereocenters. The van der Waals surface area contributed by atoms with Crippen LogP contribution in [0.3, 0.4) is 0 Å². The average Bonchev–Trinajstić information content (AvgIpc) is 2.55. The van der Waals surface area contributed by atoms with E-state index in [9.17, 15) is 43.2 Å². The van der Waals surface area contributed by atoms with Crippen LogP contribution in [0.5, 0.6) is 0 Å². The molecule has 0 aliphatic heterocycles. The number of phosphoric acid groups is 2. The van der Waals surface area contributed by atoms with Crippen LogP contribution in [0.4, 0.5) is 0 Å². The van der Waals surface area contributed by atoms with Gasteiger partial charge in [0.15, 0.2) is 12.2 Å². The van der Waals surface area contributed by atoms with E-state index in [4.69, 9.17) is 37.0 Å². The molecule has 0 aromatic heterocycles. The quantitative estimate of drug-likeness (QED) is 0.0222. The molecule has 0 fully saturated rings. The van der Waals surface area contributed by atoms with Crippen LogP contribution in [0.25, 0.3) is 0 Å². The highest BCUT2D eigenvalue weighted by Gasteiger charge is 2.30. The summed E-state index contributed by atoms with van der Waals surface area (Å²) in [4.78, 5) is 72.9. The minimum Gasteiger partial charge on any atom is -0.462 e. The lowest BCUT2D eigenvalue weighted by Gasteiger charge is -2.21. The van der Waals surface area contributed by atoms with Gasteiger partial charge in [0.1, 0.15) is 19.3 Å². The van der Waals surface area contributed by atoms with Crippen LogP contribution in [-0.2, 0) is 65.4 Å². The number of aliphatic hydroxyl groups excluding tert-OH is 1. The third-order valence-corrected chi connectivity index (χ3v) is 20.5. The van der Waals surface area contributed by atoms with Crippen LogP contribution in [0.15, 0.2) is 0 Å². The Morgan fingerprint density at radius 1 is 0.302 bits per heavy atom. The number of hydrogen-bond acceptors (Lipinski definition) is 15. The van der Waals surface area contributed by atoms with Gasteiger partial charge < -0.3 is 33.8 Å². The Morgan fingerprint density at radius 2 is 0.531 bits per heavy atom. The van der Waals surface area contributed by atoms with Gasteiger partial charge in [-0.15, -0.1) is 0 Å². The van der Waals surface area contributed by atoms with Gasteiger partial charge in [-0.25, -0.2) is 9.13 Å². The molecule has 570 valence electrons. The van der Waals surface area contributed by atoms with Gasteiger partial charge in [0.2, 0.25) is 0 Å². The van der Waals surface area contributed by atoms with Crippen molar-refractivity contribution in [1.82, 2.24) is 0 Å². The number of aliphatic hydroxyl groups is 1. The average molecular weight is 1410 g/mol. The van der Waals surface area contributed by atoms with Crippen LogP contribution in [-0.4, -0.2) is 96.7 Å². The highest BCUT2D eigenvalue weighted by Crippen LogP contribution is 2.45. The Balaban J connectivity index is 5.25. The van der Waals surface area contributed by atoms with Crippen molar-refractivity contribution < 1.29 is 80.2 Å². The van der Waals surface area contributed by atoms with Crippen LogP contribution in [0, 0.1) is 17.8 Å². The predicted octanol–water partition coefficient (Wildman–Crippen LogP) is 22.6. The van der Waals surface area contributed by atoms with E-state index in [-0.39, 0.29) is 25.7 Å². The zero-order valence-electron chi connectivity index (χ0n) is 62.8. The molecule has 19 heteroatoms. The van der Waals surface area contributed by atoms with Crippen molar-refractivity contribution >= 4 is 39.5 Å². The molecule has 17 nitrogen and oxygen atoms in total. The second-order valence-corrected chi connectivity index (χ2v) is 31.6. The van der Waals surface area contributed by atoms with E-state index in [1.807, 2.05) is 0 Å². The van der Waals surface area contributed by atoms with Crippen molar-refractivity contribution in [1.29, 1.82) is 0 Å². The Bertz CT molecular complexity index is 1870. The van der Waals surface area contributed by atoms with Gasteiger partial charge in [-0.2, -0.15) is 0 Å². The van der Waals surface area contributed by atoms with Crippen LogP contribution < -0.4 is 0 Å². The fraction of sp³-hybridized carbons (Fsp3) is 0.948. The largest absolute Gasteiger partial charge is 0.472 e. The van der Waals surface area contributed by atoms with E-state index in [0.717, 1.165) is 114 Å². The van der Waals surface area contributed by atoms with E-state index in [1.54, 1.807) is 0 Å². The SMILES string of the molecule is CCCCCCCCCCCCCCCCC(=O)O[C@H](COC(=O)CCCCCCCCC(C)CC)COP(=O)(O)OC[C@H](O)COP(=O)(O)OC[C@@H](COC(=O)CCCCCCCCCCCCCC(C)C)OC(=O)CCCCCCCCCCCCCCCCC(C)CC. The molecule has 3 N–H and O–H groups in total. The molecule has 0 amide bonds. The second-order valence-electron chi connectivity index (χ2n) is 28.7. The molecule has 0 aromatic rings. The Morgan fingerprint density at radius 3 is 0.792 bits per heavy atom. The van der Waals surface area contributed by atoms with Gasteiger partial charge in [-0.1, -0.05) is 344 Å². The molecular weight excluding hydrogens is 1260 g/mol. The number of phosphoric ester groups is 2. The third kappa shape index (κ3) is 67.9. The van der Waals surface area contributed by atoms with Gasteiger partial charge in [-0.3, -0.25) is 37.3 Å². The van der Waals surface area contributed by atoms with Crippen molar-refractivity contribution in [2.75, 3.05) is 39.6 Å². The zero-order chi connectivity index (χ0) is 70.9. The van der Waals surface area contributed by atoms with Crippen molar-refractivity contribution in [3.8, 4) is 0 Å². The summed E-state index contributed by atoms with van der Waals surface area (Å²) in [6.45, 7) is 11.9. The number of carbonyl (C=O) groups is 4. The summed E-state index contributed by atoms with van der Waals surface area (Å²) >= 11 is 0. The molecule has 0 aliphatic rings. The van der Waals surface area contributed by atoms with Crippen LogP contribution in [0.1, 0.15) is 395 Å². The molecule has 0 bridgehead atoms. The van der Waals surface area contributed by atoms with E-state index < -0.39 is 97.5 Å². The lowest BCUT2D eigenvalue weighted by Crippen LogP contribution is -2.30. The second kappa shape index (κ2) is 67.5. The first-order valence-corrected chi connectivity index (χ1v) is 42.9. The normalized spacial score (nSPS) is 14.6. The smallest absolute Gasteiger partial charge is 0.462 e. The molecule has 0 aromatic carbocycles. The first-order valence-electron chi connectivity index (χ1n) is 39.9. The monoisotopic (exact) mass is 1410 g/mol. The maximum atomic E-state index is 13.1. The summed E-state index contributed by atoms with van der Waals surface area (Å²) in [7, 11) is -9.91. The van der Waals surface area contributed by atoms with E-state index >= 15 is 0 Å². The lowest BCUT2D eigenvalue weighted by molar-refractivity contribution is -0.161. The summed E-state index contributed by atoms with van der Waals surface area (Å²) in [5, 5.41) is 10.6. The van der Waals surface area contributed by atoms with Gasteiger partial charge in [-0.05, 0) is 43.4 Å². The van der Waals surface area contributed by atoms with Crippen molar-refractivity contribution in [2.45, 2.75) is 414 Å². The summed E-state index contributed by atoms with van der Waals surface area (Å²) in [5.41, 5.74) is 0. The minimum atomic E-state index is -4.96. The van der Waals surface area contributed by atoms with E-state index in [1.165, 1.54) is 199 Å². The molecule has 0 aliphatic carbocycles. The van der Waals surface area contributed by atoms with E-state index in [2.05, 4.69) is 48.5 Å². The molecule has 0 spiro atoms. The molecule has 0 radical (unpaired) electrons. The molecule has 96 heavy (non-hydrogen) atoms. The molecule has 0 rings (SSSR count). The minimum absolute atomic E-state index is 0.107. The maximum Gasteiger partial charge on any atom is 0.472 e. The topological polar surface area (TPSA) is 237 Å². The Labute approximate surface area is 588 Å². The first-order chi connectivity index (χ1) is 46.3. The zero-order valence-corrected chi connectivity index (χ0v) is 64.6. The number of rotatable bonds is 75. The number of hydrogen-bond donors (Lipinski definition) is 3. The first kappa shape index (κ1) is 94.1. The number of unbranched alkanes of at least 4 members (excludes halogenated alkanes) is 41. The Kier molecular flexibility index (Phi) is 66.2. The lowest BCUT2D eigenvalue weighted by atomic mass is 9.99. The van der Waals surface area contributed by atoms with Gasteiger partial charge >= 0.3 is 39.5 Å². The van der Waals surface area contributed by atoms with Crippen molar-refractivity contribution in [2.24, 2.45) is 17.8 Å². The molecular formula is C77H150O17P2. The van der Waals surface area contributed by atoms with Crippen LogP contribution >= 0.6 is 15.6 Å². The number of ether oxygens (including phenoxy) is 4. The van der Waals surface area contributed by atoms with Crippen LogP contribution in [0.2, 0.25) is 0 Å². The molecule has 7 atom stereocenters. The molecule has 0 heterocycles. The summed E-state index contributed by atoms with van der Waals surface area (Å²) in [6, 6.07) is 0. The van der Waals surface area contributed by atoms with E-state index in [0.29, 0.717) is 25.7 Å². The fourth-order valence-corrected chi connectivity index (χ4v) is 13.3. The molecule has 0 saturated carbocycles. The van der Waals surface area contributed by atoms with Crippen molar-refractivity contribution in [3.63, 3.8) is 0 Å². The fourth-order valence-electron chi connectivity index (χ4n) is 11.7. The highest BCUT2D eigenvalue weighted by atomic mass is 31.2. The summed E-state index contributed by atoms with van der Waals surface area (Å²) in [5.74, 6) is 0.232. The van der Waals surface area contributed by atoms with Gasteiger partial charge in [0.25, 0.3) is 0 Å². The number of carbonyl (C=O) groups excluding carboxylic acids is 4. The van der Waals surface area contributed by atoms with Gasteiger partial charge in [0.05, 0.1) is 26.4 Å². The molecule has 0 saturated heterocycles. The standard InChI is InChI=1S/C77H150O17P2/c1-8-11-12-13-14-15-16-17-21-26-32-37-46-53-60-77(82)94-73(65-88-75(80)59-52-45-40-39-43-50-57-70(7)10-3)67-92-96(85,86)90-63-71(78)62-89-95(83,84)91-66-72(64-87-74(79)58-51-44-36-31-28-23-24-29-34-41-48-55-68(4)5)93-76(81)61-54-47-38-33-27-22-19-18-20-25-30-35-42-49-56-69(6)9-2/h68-73,78H,8-67H2,1-7H3,(H,83,84)(H,85,86)/t69?,70?,71-,72-,73-/m1/s1. The number of esters is 4. The summed E-state index contributed by atoms with van der Waals surface area (Å²) in [6.07, 6.45) is 54.0. The van der Waals surface area contributed by atoms with Crippen molar-refractivity contribution in [3.05, 3.63) is 0 Å². The maximum absolute atomic E-state index is 13.1. The predicted molar refractivity (Wildman–Crippen MR) is 391 cm³/mol.